The molecule has 6 fully saturated rings. The second-order valence-electron chi connectivity index (χ2n) is 13.1. The molecular weight excluding hydrogens is 554 g/mol. The van der Waals surface area contributed by atoms with E-state index in [1.165, 1.54) is 26.4 Å². The molecule has 0 amide bonds. The highest BCUT2D eigenvalue weighted by Crippen LogP contribution is 2.54. The van der Waals surface area contributed by atoms with Gasteiger partial charge in [-0.05, 0) is 76.2 Å². The molecule has 1 aromatic carbocycles. The average molecular weight is 592 g/mol. The quantitative estimate of drug-likeness (QED) is 0.283. The minimum absolute atomic E-state index is 0.0224. The molecule has 0 spiro atoms. The van der Waals surface area contributed by atoms with E-state index in [1.807, 2.05) is 12.1 Å². The Morgan fingerprint density at radius 3 is 2.33 bits per heavy atom. The number of thiazole rings is 1. The van der Waals surface area contributed by atoms with Crippen molar-refractivity contribution >= 4 is 38.6 Å². The number of hydrogen-bond acceptors (Lipinski definition) is 10. The second kappa shape index (κ2) is 9.96. The monoisotopic (exact) mass is 591 g/mol. The zero-order chi connectivity index (χ0) is 28.6. The van der Waals surface area contributed by atoms with Gasteiger partial charge in [0, 0.05) is 42.3 Å². The molecule has 10 heteroatoms. The molecule has 2 aromatic heterocycles. The van der Waals surface area contributed by atoms with Gasteiger partial charge in [0.2, 0.25) is 0 Å². The number of nitrogens with zero attached hydrogens (tertiary/aromatic N) is 3. The van der Waals surface area contributed by atoms with Crippen LogP contribution in [0.1, 0.15) is 115 Å². The largest absolute Gasteiger partial charge is 0.496 e. The minimum Gasteiger partial charge on any atom is -0.496 e. The zero-order valence-corrected chi connectivity index (χ0v) is 25.0. The van der Waals surface area contributed by atoms with Crippen LogP contribution in [0.4, 0.5) is 5.13 Å². The molecule has 4 heterocycles. The molecule has 42 heavy (non-hydrogen) atoms. The Morgan fingerprint density at radius 1 is 0.976 bits per heavy atom. The van der Waals surface area contributed by atoms with E-state index in [2.05, 4.69) is 10.1 Å². The summed E-state index contributed by atoms with van der Waals surface area (Å²) >= 11 is 1.58. The average Bonchev–Trinajstić information content (AvgIpc) is 3.51. The van der Waals surface area contributed by atoms with Gasteiger partial charge < -0.3 is 23.6 Å². The predicted molar refractivity (Wildman–Crippen MR) is 157 cm³/mol. The molecule has 2 aliphatic heterocycles. The van der Waals surface area contributed by atoms with Crippen molar-refractivity contribution in [1.29, 1.82) is 0 Å². The summed E-state index contributed by atoms with van der Waals surface area (Å²) in [6, 6.07) is 4.12. The van der Waals surface area contributed by atoms with Gasteiger partial charge in [-0.2, -0.15) is 0 Å². The molecule has 2 atom stereocenters. The van der Waals surface area contributed by atoms with Gasteiger partial charge in [-0.15, -0.1) is 0 Å². The van der Waals surface area contributed by atoms with Crippen molar-refractivity contribution < 1.29 is 28.3 Å². The first-order valence-electron chi connectivity index (χ1n) is 15.5. The molecule has 222 valence electrons. The molecule has 2 unspecified atom stereocenters. The van der Waals surface area contributed by atoms with Gasteiger partial charge in [-0.1, -0.05) is 16.5 Å². The van der Waals surface area contributed by atoms with Crippen LogP contribution in [0.3, 0.4) is 0 Å². The highest BCUT2D eigenvalue weighted by molar-refractivity contribution is 7.22. The predicted octanol–water partition coefficient (Wildman–Crippen LogP) is 6.54. The molecule has 2 saturated heterocycles. The molecule has 9 rings (SSSR count). The fraction of sp³-hybridized carbons (Fsp3) is 0.625. The number of ether oxygens (including phenoxy) is 3. The van der Waals surface area contributed by atoms with Crippen LogP contribution in [0.5, 0.6) is 5.75 Å². The van der Waals surface area contributed by atoms with Crippen LogP contribution in [0.25, 0.3) is 10.2 Å². The van der Waals surface area contributed by atoms with E-state index < -0.39 is 5.97 Å². The number of carbonyl (C=O) groups is 2. The second-order valence-corrected chi connectivity index (χ2v) is 14.1. The molecule has 4 saturated carbocycles. The summed E-state index contributed by atoms with van der Waals surface area (Å²) in [6.45, 7) is 0. The van der Waals surface area contributed by atoms with Crippen LogP contribution in [-0.4, -0.2) is 54.5 Å². The lowest BCUT2D eigenvalue weighted by atomic mass is 9.59. The Hall–Kier alpha value is -3.14. The van der Waals surface area contributed by atoms with Crippen LogP contribution in [-0.2, 0) is 14.9 Å². The summed E-state index contributed by atoms with van der Waals surface area (Å²) in [7, 11) is 2.91. The van der Waals surface area contributed by atoms with E-state index in [0.717, 1.165) is 90.5 Å². The number of piperidine rings is 1. The van der Waals surface area contributed by atoms with Crippen molar-refractivity contribution in [2.24, 2.45) is 5.92 Å². The molecule has 0 N–H and O–H groups in total. The van der Waals surface area contributed by atoms with E-state index >= 15 is 0 Å². The number of rotatable bonds is 7. The maximum absolute atomic E-state index is 13.9. The lowest BCUT2D eigenvalue weighted by Gasteiger charge is -2.45. The number of benzene rings is 1. The van der Waals surface area contributed by atoms with Crippen molar-refractivity contribution in [3.8, 4) is 5.75 Å². The van der Waals surface area contributed by atoms with Crippen molar-refractivity contribution in [2.45, 2.75) is 107 Å². The van der Waals surface area contributed by atoms with E-state index in [0.29, 0.717) is 22.8 Å². The highest BCUT2D eigenvalue weighted by Gasteiger charge is 2.49. The molecule has 9 nitrogen and oxygen atoms in total. The zero-order valence-electron chi connectivity index (χ0n) is 24.2. The normalized spacial score (nSPS) is 30.1. The molecule has 0 radical (unpaired) electrons. The standard InChI is InChI=1S/C32H37N3O6S/c1-38-24-16-23-25(15-22(24)29(36)39-2)42-31(33-23)35-19-5-6-20(35)14-21(13-19)40-30(37)26-27(18-3-4-18)41-34-28(26)32-10-7-17(8-11-32)9-12-32/h15-21H,3-14H2,1-2H3. The van der Waals surface area contributed by atoms with Gasteiger partial charge in [0.1, 0.15) is 28.7 Å². The Balaban J connectivity index is 1.03. The Bertz CT molecular complexity index is 1520. The number of fused-ring (bicyclic) bond motifs is 6. The topological polar surface area (TPSA) is 104 Å². The molecule has 3 aromatic rings. The SMILES string of the molecule is COC(=O)c1cc2sc(N3C4CCC3CC(OC(=O)c3c(C56CCC(CC5)CC6)noc3C3CC3)C4)nc2cc1OC. The number of anilines is 1. The summed E-state index contributed by atoms with van der Waals surface area (Å²) in [5.74, 6) is 1.72. The third-order valence-corrected chi connectivity index (χ3v) is 11.8. The number of aromatic nitrogens is 2. The van der Waals surface area contributed by atoms with Crippen LogP contribution in [0.2, 0.25) is 0 Å². The minimum atomic E-state index is -0.428. The van der Waals surface area contributed by atoms with Gasteiger partial charge in [0.15, 0.2) is 10.9 Å². The Labute approximate surface area is 248 Å². The Morgan fingerprint density at radius 2 is 1.69 bits per heavy atom. The summed E-state index contributed by atoms with van der Waals surface area (Å²) in [6.07, 6.45) is 12.6. The fourth-order valence-electron chi connectivity index (χ4n) is 8.33. The van der Waals surface area contributed by atoms with Gasteiger partial charge >= 0.3 is 11.9 Å². The summed E-state index contributed by atoms with van der Waals surface area (Å²) in [5.41, 5.74) is 2.73. The number of esters is 2. The van der Waals surface area contributed by atoms with Crippen LogP contribution >= 0.6 is 11.3 Å². The molecule has 6 aliphatic rings. The van der Waals surface area contributed by atoms with Crippen LogP contribution in [0.15, 0.2) is 16.7 Å². The van der Waals surface area contributed by atoms with E-state index in [1.54, 1.807) is 18.4 Å². The van der Waals surface area contributed by atoms with Gasteiger partial charge in [0.25, 0.3) is 0 Å². The van der Waals surface area contributed by atoms with E-state index in [4.69, 9.17) is 23.7 Å². The maximum atomic E-state index is 13.9. The third-order valence-electron chi connectivity index (χ3n) is 10.8. The first-order chi connectivity index (χ1) is 20.5. The molecule has 4 bridgehead atoms. The number of carbonyl (C=O) groups excluding carboxylic acids is 2. The fourth-order valence-corrected chi connectivity index (χ4v) is 9.46. The molecular formula is C32H37N3O6S. The third kappa shape index (κ3) is 4.23. The van der Waals surface area contributed by atoms with Crippen molar-refractivity contribution in [3.63, 3.8) is 0 Å². The van der Waals surface area contributed by atoms with Crippen molar-refractivity contribution in [2.75, 3.05) is 19.1 Å². The summed E-state index contributed by atoms with van der Waals surface area (Å²) in [5, 5.41) is 5.54. The maximum Gasteiger partial charge on any atom is 0.344 e. The van der Waals surface area contributed by atoms with Gasteiger partial charge in [-0.25, -0.2) is 14.6 Å². The summed E-state index contributed by atoms with van der Waals surface area (Å²) in [4.78, 5) is 33.6. The van der Waals surface area contributed by atoms with Crippen LogP contribution in [0, 0.1) is 5.92 Å². The smallest absolute Gasteiger partial charge is 0.344 e. The van der Waals surface area contributed by atoms with E-state index in [-0.39, 0.29) is 29.6 Å². The van der Waals surface area contributed by atoms with E-state index in [9.17, 15) is 9.59 Å². The Kier molecular flexibility index (Phi) is 6.28. The lowest BCUT2D eigenvalue weighted by Crippen LogP contribution is -2.46. The molecule has 4 aliphatic carbocycles. The van der Waals surface area contributed by atoms with Gasteiger partial charge in [-0.3, -0.25) is 0 Å². The first kappa shape index (κ1) is 26.5. The van der Waals surface area contributed by atoms with Crippen LogP contribution < -0.4 is 9.64 Å². The number of hydrogen-bond donors (Lipinski definition) is 0. The summed E-state index contributed by atoms with van der Waals surface area (Å²) < 4.78 is 23.6. The lowest BCUT2D eigenvalue weighted by molar-refractivity contribution is 0.0195. The van der Waals surface area contributed by atoms with Crippen molar-refractivity contribution in [1.82, 2.24) is 10.1 Å². The van der Waals surface area contributed by atoms with Gasteiger partial charge in [0.05, 0.1) is 24.4 Å². The highest BCUT2D eigenvalue weighted by atomic mass is 32.1. The number of methoxy groups -OCH3 is 2. The first-order valence-corrected chi connectivity index (χ1v) is 16.3. The van der Waals surface area contributed by atoms with Crippen molar-refractivity contribution in [3.05, 3.63) is 34.7 Å².